The average molecular weight is 434 g/mol. The van der Waals surface area contributed by atoms with Crippen LogP contribution in [0, 0.1) is 0 Å². The molecular formula is C19H35N3O6S. The summed E-state index contributed by atoms with van der Waals surface area (Å²) >= 11 is 1.52. The van der Waals surface area contributed by atoms with Crippen molar-refractivity contribution in [1.29, 1.82) is 0 Å². The molecule has 0 bridgehead atoms. The van der Waals surface area contributed by atoms with E-state index in [0.717, 1.165) is 18.6 Å². The Morgan fingerprint density at radius 3 is 2.21 bits per heavy atom. The number of amides is 2. The molecular weight excluding hydrogens is 398 g/mol. The van der Waals surface area contributed by atoms with Crippen molar-refractivity contribution in [3.63, 3.8) is 0 Å². The second-order valence-electron chi connectivity index (χ2n) is 6.91. The SMILES string of the molecule is CCCCCCCCCSCC(NC(=O)CCC(N)C(=O)O)C(=O)NCC(=O)O. The first-order valence-corrected chi connectivity index (χ1v) is 11.3. The quantitative estimate of drug-likeness (QED) is 0.203. The number of nitrogens with one attached hydrogen (secondary N) is 2. The van der Waals surface area contributed by atoms with Crippen molar-refractivity contribution in [1.82, 2.24) is 10.6 Å². The van der Waals surface area contributed by atoms with E-state index in [1.54, 1.807) is 0 Å². The van der Waals surface area contributed by atoms with Crippen molar-refractivity contribution in [2.45, 2.75) is 76.8 Å². The van der Waals surface area contributed by atoms with Crippen molar-refractivity contribution < 1.29 is 29.4 Å². The highest BCUT2D eigenvalue weighted by Crippen LogP contribution is 2.12. The molecule has 0 aliphatic carbocycles. The molecule has 6 N–H and O–H groups in total. The molecule has 10 heteroatoms. The van der Waals surface area contributed by atoms with Crippen LogP contribution in [0.4, 0.5) is 0 Å². The third-order valence-corrected chi connectivity index (χ3v) is 5.39. The molecule has 168 valence electrons. The van der Waals surface area contributed by atoms with E-state index in [9.17, 15) is 19.2 Å². The summed E-state index contributed by atoms with van der Waals surface area (Å²) in [6.07, 6.45) is 8.11. The molecule has 0 aromatic carbocycles. The molecule has 29 heavy (non-hydrogen) atoms. The first-order chi connectivity index (χ1) is 13.8. The van der Waals surface area contributed by atoms with Crippen LogP contribution in [0.25, 0.3) is 0 Å². The summed E-state index contributed by atoms with van der Waals surface area (Å²) in [7, 11) is 0. The molecule has 0 aliphatic heterocycles. The van der Waals surface area contributed by atoms with E-state index in [-0.39, 0.29) is 12.8 Å². The minimum atomic E-state index is -1.20. The first kappa shape index (κ1) is 27.2. The fourth-order valence-electron chi connectivity index (χ4n) is 2.51. The van der Waals surface area contributed by atoms with Gasteiger partial charge in [0.2, 0.25) is 11.8 Å². The number of carboxylic acid groups (broad SMARTS) is 2. The van der Waals surface area contributed by atoms with Gasteiger partial charge in [0.15, 0.2) is 0 Å². The lowest BCUT2D eigenvalue weighted by Gasteiger charge is -2.18. The molecule has 0 fully saturated rings. The summed E-state index contributed by atoms with van der Waals surface area (Å²) in [6.45, 7) is 1.65. The Morgan fingerprint density at radius 1 is 1.00 bits per heavy atom. The van der Waals surface area contributed by atoms with Gasteiger partial charge in [0.05, 0.1) is 0 Å². The Bertz CT molecular complexity index is 518. The summed E-state index contributed by atoms with van der Waals surface area (Å²) in [5.74, 6) is -2.27. The number of unbranched alkanes of at least 4 members (excludes halogenated alkanes) is 6. The topological polar surface area (TPSA) is 159 Å². The number of rotatable bonds is 18. The van der Waals surface area contributed by atoms with E-state index in [1.165, 1.54) is 43.9 Å². The van der Waals surface area contributed by atoms with E-state index in [2.05, 4.69) is 17.6 Å². The van der Waals surface area contributed by atoms with Gasteiger partial charge >= 0.3 is 11.9 Å². The summed E-state index contributed by atoms with van der Waals surface area (Å²) in [5.41, 5.74) is 5.37. The van der Waals surface area contributed by atoms with Crippen molar-refractivity contribution >= 4 is 35.5 Å². The van der Waals surface area contributed by atoms with Gasteiger partial charge in [-0.3, -0.25) is 19.2 Å². The van der Waals surface area contributed by atoms with Crippen molar-refractivity contribution in [3.8, 4) is 0 Å². The van der Waals surface area contributed by atoms with Crippen LogP contribution in [0.2, 0.25) is 0 Å². The number of hydrogen-bond acceptors (Lipinski definition) is 6. The zero-order chi connectivity index (χ0) is 22.1. The Hall–Kier alpha value is -1.81. The normalized spacial score (nSPS) is 12.8. The van der Waals surface area contributed by atoms with E-state index >= 15 is 0 Å². The van der Waals surface area contributed by atoms with Gasteiger partial charge in [-0.15, -0.1) is 0 Å². The number of aliphatic carboxylic acids is 2. The second kappa shape index (κ2) is 17.1. The van der Waals surface area contributed by atoms with E-state index < -0.39 is 42.4 Å². The lowest BCUT2D eigenvalue weighted by atomic mass is 10.1. The monoisotopic (exact) mass is 433 g/mol. The van der Waals surface area contributed by atoms with Gasteiger partial charge in [-0.2, -0.15) is 11.8 Å². The summed E-state index contributed by atoms with van der Waals surface area (Å²) in [6, 6.07) is -2.02. The molecule has 0 spiro atoms. The Kier molecular flexibility index (Phi) is 16.0. The highest BCUT2D eigenvalue weighted by atomic mass is 32.2. The predicted molar refractivity (Wildman–Crippen MR) is 113 cm³/mol. The number of nitrogens with two attached hydrogens (primary N) is 1. The van der Waals surface area contributed by atoms with Gasteiger partial charge in [0.1, 0.15) is 18.6 Å². The van der Waals surface area contributed by atoms with Gasteiger partial charge in [0, 0.05) is 12.2 Å². The molecule has 0 saturated carbocycles. The average Bonchev–Trinajstić information content (AvgIpc) is 2.67. The first-order valence-electron chi connectivity index (χ1n) is 10.1. The van der Waals surface area contributed by atoms with E-state index in [1.807, 2.05) is 0 Å². The van der Waals surface area contributed by atoms with Gasteiger partial charge in [0.25, 0.3) is 0 Å². The molecule has 0 rings (SSSR count). The molecule has 0 saturated heterocycles. The Labute approximate surface area is 176 Å². The number of hydrogen-bond donors (Lipinski definition) is 5. The molecule has 2 atom stereocenters. The number of carbonyl (C=O) groups is 4. The lowest BCUT2D eigenvalue weighted by Crippen LogP contribution is -2.49. The minimum absolute atomic E-state index is 0.0458. The third-order valence-electron chi connectivity index (χ3n) is 4.24. The minimum Gasteiger partial charge on any atom is -0.480 e. The summed E-state index contributed by atoms with van der Waals surface area (Å²) < 4.78 is 0. The number of thioether (sulfide) groups is 1. The number of carbonyl (C=O) groups excluding carboxylic acids is 2. The fourth-order valence-corrected chi connectivity index (χ4v) is 3.55. The van der Waals surface area contributed by atoms with Crippen molar-refractivity contribution in [3.05, 3.63) is 0 Å². The highest BCUT2D eigenvalue weighted by molar-refractivity contribution is 7.99. The van der Waals surface area contributed by atoms with Crippen LogP contribution in [-0.4, -0.2) is 64.1 Å². The van der Waals surface area contributed by atoms with Gasteiger partial charge in [-0.1, -0.05) is 45.4 Å². The van der Waals surface area contributed by atoms with Crippen LogP contribution in [0.3, 0.4) is 0 Å². The zero-order valence-corrected chi connectivity index (χ0v) is 18.0. The maximum atomic E-state index is 12.2. The van der Waals surface area contributed by atoms with Crippen LogP contribution >= 0.6 is 11.8 Å². The predicted octanol–water partition coefficient (Wildman–Crippen LogP) is 1.35. The van der Waals surface area contributed by atoms with Crippen molar-refractivity contribution in [2.75, 3.05) is 18.1 Å². The van der Waals surface area contributed by atoms with Crippen LogP contribution in [0.5, 0.6) is 0 Å². The lowest BCUT2D eigenvalue weighted by molar-refractivity contribution is -0.139. The molecule has 9 nitrogen and oxygen atoms in total. The van der Waals surface area contributed by atoms with Crippen LogP contribution in [0.15, 0.2) is 0 Å². The molecule has 0 aromatic heterocycles. The smallest absolute Gasteiger partial charge is 0.322 e. The second-order valence-corrected chi connectivity index (χ2v) is 8.06. The molecule has 0 aliphatic rings. The van der Waals surface area contributed by atoms with Gasteiger partial charge < -0.3 is 26.6 Å². The molecule has 0 heterocycles. The van der Waals surface area contributed by atoms with Crippen LogP contribution in [0.1, 0.15) is 64.7 Å². The molecule has 2 unspecified atom stereocenters. The van der Waals surface area contributed by atoms with Crippen molar-refractivity contribution in [2.24, 2.45) is 5.73 Å². The maximum Gasteiger partial charge on any atom is 0.322 e. The van der Waals surface area contributed by atoms with E-state index in [0.29, 0.717) is 5.75 Å². The van der Waals surface area contributed by atoms with Gasteiger partial charge in [-0.25, -0.2) is 0 Å². The highest BCUT2D eigenvalue weighted by Gasteiger charge is 2.22. The third kappa shape index (κ3) is 15.8. The molecule has 0 radical (unpaired) electrons. The fraction of sp³-hybridized carbons (Fsp3) is 0.789. The van der Waals surface area contributed by atoms with Gasteiger partial charge in [-0.05, 0) is 18.6 Å². The van der Waals surface area contributed by atoms with Crippen LogP contribution in [-0.2, 0) is 19.2 Å². The Balaban J connectivity index is 4.32. The standard InChI is InChI=1S/C19H35N3O6S/c1-2-3-4-5-6-7-8-11-29-13-15(18(26)21-12-17(24)25)22-16(23)10-9-14(20)19(27)28/h14-15H,2-13,20H2,1H3,(H,21,26)(H,22,23)(H,24,25)(H,27,28). The largest absolute Gasteiger partial charge is 0.480 e. The Morgan fingerprint density at radius 2 is 1.62 bits per heavy atom. The van der Waals surface area contributed by atoms with Crippen LogP contribution < -0.4 is 16.4 Å². The summed E-state index contributed by atoms with van der Waals surface area (Å²) in [5, 5.41) is 22.3. The van der Waals surface area contributed by atoms with E-state index in [4.69, 9.17) is 15.9 Å². The summed E-state index contributed by atoms with van der Waals surface area (Å²) in [4.78, 5) is 45.5. The maximum absolute atomic E-state index is 12.2. The molecule has 2 amide bonds. The molecule has 0 aromatic rings. The zero-order valence-electron chi connectivity index (χ0n) is 17.2. The number of carboxylic acids is 2.